The predicted molar refractivity (Wildman–Crippen MR) is 114 cm³/mol. The van der Waals surface area contributed by atoms with Gasteiger partial charge in [-0.25, -0.2) is 9.79 Å². The molecule has 0 saturated carbocycles. The Morgan fingerprint density at radius 3 is 2.52 bits per heavy atom. The zero-order valence-electron chi connectivity index (χ0n) is 15.8. The summed E-state index contributed by atoms with van der Waals surface area (Å²) in [6.45, 7) is 2.32. The van der Waals surface area contributed by atoms with Crippen LogP contribution in [0.3, 0.4) is 0 Å². The van der Waals surface area contributed by atoms with Crippen LogP contribution in [0.1, 0.15) is 22.3 Å². The molecule has 0 aliphatic carbocycles. The molecule has 29 heavy (non-hydrogen) atoms. The Morgan fingerprint density at radius 2 is 1.72 bits per heavy atom. The topological polar surface area (TPSA) is 47.9 Å². The van der Waals surface area contributed by atoms with Gasteiger partial charge in [0, 0.05) is 21.7 Å². The Balaban J connectivity index is 1.58. The number of benzene rings is 3. The number of nitrogens with zero attached hydrogens (tertiary/aromatic N) is 1. The maximum atomic E-state index is 12.3. The van der Waals surface area contributed by atoms with Gasteiger partial charge in [0.15, 0.2) is 5.70 Å². The van der Waals surface area contributed by atoms with E-state index in [1.165, 1.54) is 0 Å². The molecule has 0 saturated heterocycles. The fraction of sp³-hybridized carbons (Fsp3) is 0.0833. The fourth-order valence-corrected chi connectivity index (χ4v) is 3.07. The van der Waals surface area contributed by atoms with Crippen LogP contribution in [-0.4, -0.2) is 11.9 Å². The molecule has 3 aromatic rings. The molecule has 3 aromatic carbocycles. The quantitative estimate of drug-likeness (QED) is 0.413. The van der Waals surface area contributed by atoms with Crippen LogP contribution in [0.5, 0.6) is 5.75 Å². The minimum atomic E-state index is -0.485. The van der Waals surface area contributed by atoms with Crippen molar-refractivity contribution < 1.29 is 14.3 Å². The molecule has 0 amide bonds. The van der Waals surface area contributed by atoms with Gasteiger partial charge in [-0.15, -0.1) is 0 Å². The van der Waals surface area contributed by atoms with Crippen LogP contribution >= 0.6 is 11.6 Å². The minimum absolute atomic E-state index is 0.231. The van der Waals surface area contributed by atoms with Gasteiger partial charge in [0.2, 0.25) is 5.90 Å². The van der Waals surface area contributed by atoms with Crippen LogP contribution in [0.2, 0.25) is 5.02 Å². The van der Waals surface area contributed by atoms with E-state index in [9.17, 15) is 4.79 Å². The molecule has 4 nitrogen and oxygen atoms in total. The fourth-order valence-electron chi connectivity index (χ4n) is 2.88. The molecule has 0 N–H and O–H groups in total. The number of ether oxygens (including phenoxy) is 2. The van der Waals surface area contributed by atoms with Crippen molar-refractivity contribution in [2.24, 2.45) is 4.99 Å². The molecule has 5 heteroatoms. The first-order valence-corrected chi connectivity index (χ1v) is 9.53. The Kier molecular flexibility index (Phi) is 5.45. The molecule has 0 bridgehead atoms. The molecule has 1 heterocycles. The lowest BCUT2D eigenvalue weighted by Gasteiger charge is -2.10. The summed E-state index contributed by atoms with van der Waals surface area (Å²) in [5, 5.41) is 0.648. The van der Waals surface area contributed by atoms with Crippen LogP contribution in [-0.2, 0) is 16.1 Å². The van der Waals surface area contributed by atoms with Crippen molar-refractivity contribution >= 4 is 29.5 Å². The predicted octanol–water partition coefficient (Wildman–Crippen LogP) is 5.57. The second-order valence-electron chi connectivity index (χ2n) is 6.62. The third-order valence-corrected chi connectivity index (χ3v) is 4.84. The van der Waals surface area contributed by atoms with E-state index in [0.717, 1.165) is 22.3 Å². The van der Waals surface area contributed by atoms with Gasteiger partial charge in [0.25, 0.3) is 0 Å². The van der Waals surface area contributed by atoms with E-state index < -0.39 is 5.97 Å². The molecule has 0 atom stereocenters. The zero-order valence-corrected chi connectivity index (χ0v) is 16.5. The van der Waals surface area contributed by atoms with Gasteiger partial charge in [-0.3, -0.25) is 0 Å². The van der Waals surface area contributed by atoms with E-state index in [2.05, 4.69) is 4.99 Å². The lowest BCUT2D eigenvalue weighted by Crippen LogP contribution is -2.05. The van der Waals surface area contributed by atoms with Crippen molar-refractivity contribution in [3.05, 3.63) is 106 Å². The molecular formula is C24H18ClNO3. The summed E-state index contributed by atoms with van der Waals surface area (Å²) in [5.41, 5.74) is 3.74. The first kappa shape index (κ1) is 19.0. The van der Waals surface area contributed by atoms with Crippen molar-refractivity contribution in [1.82, 2.24) is 0 Å². The number of carbonyl (C=O) groups is 1. The highest BCUT2D eigenvalue weighted by Crippen LogP contribution is 2.26. The summed E-state index contributed by atoms with van der Waals surface area (Å²) in [4.78, 5) is 16.7. The van der Waals surface area contributed by atoms with Crippen molar-refractivity contribution in [2.45, 2.75) is 13.5 Å². The Bertz CT molecular complexity index is 1120. The van der Waals surface area contributed by atoms with Gasteiger partial charge >= 0.3 is 5.97 Å². The molecule has 0 fully saturated rings. The van der Waals surface area contributed by atoms with Crippen molar-refractivity contribution in [1.29, 1.82) is 0 Å². The van der Waals surface area contributed by atoms with Crippen LogP contribution in [0.25, 0.3) is 6.08 Å². The molecule has 0 radical (unpaired) electrons. The third-order valence-electron chi connectivity index (χ3n) is 4.47. The van der Waals surface area contributed by atoms with Gasteiger partial charge in [-0.1, -0.05) is 65.7 Å². The largest absolute Gasteiger partial charge is 0.488 e. The van der Waals surface area contributed by atoms with Gasteiger partial charge in [-0.05, 0) is 37.3 Å². The molecule has 1 aliphatic heterocycles. The number of rotatable bonds is 5. The van der Waals surface area contributed by atoms with Gasteiger partial charge in [0.05, 0.1) is 0 Å². The first-order valence-electron chi connectivity index (χ1n) is 9.15. The second kappa shape index (κ2) is 8.33. The standard InChI is InChI=1S/C24H18ClNO3/c1-16-10-12-17(13-11-16)23-26-21(24(27)29-23)14-18-6-3-5-9-22(18)28-15-19-7-2-4-8-20(19)25/h2-14H,15H2,1H3/b21-14+. The maximum Gasteiger partial charge on any atom is 0.363 e. The highest BCUT2D eigenvalue weighted by atomic mass is 35.5. The van der Waals surface area contributed by atoms with Crippen molar-refractivity contribution in [3.8, 4) is 5.75 Å². The number of aryl methyl sites for hydroxylation is 1. The summed E-state index contributed by atoms with van der Waals surface area (Å²) >= 11 is 6.20. The average molecular weight is 404 g/mol. The highest BCUT2D eigenvalue weighted by Gasteiger charge is 2.24. The smallest absolute Gasteiger partial charge is 0.363 e. The number of carbonyl (C=O) groups excluding carboxylic acids is 1. The minimum Gasteiger partial charge on any atom is -0.488 e. The second-order valence-corrected chi connectivity index (χ2v) is 7.03. The normalized spacial score (nSPS) is 14.6. The monoisotopic (exact) mass is 403 g/mol. The van der Waals surface area contributed by atoms with Gasteiger partial charge in [-0.2, -0.15) is 0 Å². The number of esters is 1. The van der Waals surface area contributed by atoms with Crippen LogP contribution in [0.15, 0.2) is 83.5 Å². The molecule has 1 aliphatic rings. The van der Waals surface area contributed by atoms with E-state index in [4.69, 9.17) is 21.1 Å². The van der Waals surface area contributed by atoms with Crippen molar-refractivity contribution in [3.63, 3.8) is 0 Å². The Morgan fingerprint density at radius 1 is 1.00 bits per heavy atom. The van der Waals surface area contributed by atoms with E-state index >= 15 is 0 Å². The van der Waals surface area contributed by atoms with Crippen LogP contribution < -0.4 is 4.74 Å². The van der Waals surface area contributed by atoms with E-state index in [1.54, 1.807) is 6.08 Å². The number of cyclic esters (lactones) is 1. The van der Waals surface area contributed by atoms with Gasteiger partial charge in [0.1, 0.15) is 12.4 Å². The number of hydrogen-bond donors (Lipinski definition) is 0. The molecule has 0 spiro atoms. The summed E-state index contributed by atoms with van der Waals surface area (Å²) in [5.74, 6) is 0.448. The Hall–Kier alpha value is -3.37. The van der Waals surface area contributed by atoms with E-state index in [1.807, 2.05) is 79.7 Å². The lowest BCUT2D eigenvalue weighted by molar-refractivity contribution is -0.129. The SMILES string of the molecule is Cc1ccc(C2=N/C(=C/c3ccccc3OCc3ccccc3Cl)C(=O)O2)cc1. The number of aliphatic imine (C=N–C) groups is 1. The summed E-state index contributed by atoms with van der Waals surface area (Å²) < 4.78 is 11.3. The van der Waals surface area contributed by atoms with Gasteiger partial charge < -0.3 is 9.47 Å². The summed E-state index contributed by atoms with van der Waals surface area (Å²) in [6.07, 6.45) is 1.67. The van der Waals surface area contributed by atoms with E-state index in [-0.39, 0.29) is 5.70 Å². The summed E-state index contributed by atoms with van der Waals surface area (Å²) in [6, 6.07) is 22.6. The maximum absolute atomic E-state index is 12.3. The molecule has 0 unspecified atom stereocenters. The number of para-hydroxylation sites is 1. The van der Waals surface area contributed by atoms with Crippen LogP contribution in [0.4, 0.5) is 0 Å². The van der Waals surface area contributed by atoms with Crippen molar-refractivity contribution in [2.75, 3.05) is 0 Å². The number of halogens is 1. The zero-order chi connectivity index (χ0) is 20.2. The molecule has 0 aromatic heterocycles. The lowest BCUT2D eigenvalue weighted by atomic mass is 10.1. The first-order chi connectivity index (χ1) is 14.1. The average Bonchev–Trinajstić information content (AvgIpc) is 3.09. The Labute approximate surface area is 174 Å². The molecule has 144 valence electrons. The molecule has 4 rings (SSSR count). The highest BCUT2D eigenvalue weighted by molar-refractivity contribution is 6.31. The van der Waals surface area contributed by atoms with E-state index in [0.29, 0.717) is 23.3 Å². The molecular weight excluding hydrogens is 386 g/mol. The third kappa shape index (κ3) is 4.39. The summed E-state index contributed by atoms with van der Waals surface area (Å²) in [7, 11) is 0. The van der Waals surface area contributed by atoms with Crippen LogP contribution in [0, 0.1) is 6.92 Å². The number of hydrogen-bond acceptors (Lipinski definition) is 4.